The fraction of sp³-hybridized carbons (Fsp3) is 0.467. The molecule has 0 heterocycles. The summed E-state index contributed by atoms with van der Waals surface area (Å²) in [5.41, 5.74) is 1.73. The van der Waals surface area contributed by atoms with Gasteiger partial charge in [0.05, 0.1) is 13.2 Å². The number of nitriles is 1. The number of rotatable bonds is 5. The Kier molecular flexibility index (Phi) is 3.66. The van der Waals surface area contributed by atoms with Crippen molar-refractivity contribution in [3.63, 3.8) is 0 Å². The van der Waals surface area contributed by atoms with E-state index >= 15 is 0 Å². The van der Waals surface area contributed by atoms with Crippen LogP contribution in [0.1, 0.15) is 36.3 Å². The first-order valence-corrected chi connectivity index (χ1v) is 6.22. The van der Waals surface area contributed by atoms with E-state index < -0.39 is 5.92 Å². The number of carbonyl (C=O) groups is 1. The number of hydrogen-bond donors (Lipinski definition) is 0. The fourth-order valence-electron chi connectivity index (χ4n) is 2.12. The van der Waals surface area contributed by atoms with Gasteiger partial charge in [-0.3, -0.25) is 4.79 Å². The van der Waals surface area contributed by atoms with Gasteiger partial charge in [0.25, 0.3) is 0 Å². The highest BCUT2D eigenvalue weighted by Crippen LogP contribution is 2.36. The molecule has 0 amide bonds. The first-order valence-electron chi connectivity index (χ1n) is 6.22. The van der Waals surface area contributed by atoms with E-state index in [0.717, 1.165) is 18.4 Å². The normalized spacial score (nSPS) is 15.8. The van der Waals surface area contributed by atoms with E-state index in [2.05, 4.69) is 6.07 Å². The predicted octanol–water partition coefficient (Wildman–Crippen LogP) is 2.98. The van der Waals surface area contributed by atoms with Crippen molar-refractivity contribution in [2.45, 2.75) is 32.1 Å². The third kappa shape index (κ3) is 2.70. The van der Waals surface area contributed by atoms with Crippen LogP contribution in [-0.2, 0) is 4.79 Å². The minimum atomic E-state index is -0.694. The van der Waals surface area contributed by atoms with Crippen LogP contribution in [-0.4, -0.2) is 12.9 Å². The van der Waals surface area contributed by atoms with Crippen molar-refractivity contribution in [1.82, 2.24) is 0 Å². The van der Waals surface area contributed by atoms with Crippen LogP contribution >= 0.6 is 0 Å². The van der Waals surface area contributed by atoms with Crippen molar-refractivity contribution in [2.75, 3.05) is 7.11 Å². The summed E-state index contributed by atoms with van der Waals surface area (Å²) >= 11 is 0. The Morgan fingerprint density at radius 1 is 1.56 bits per heavy atom. The van der Waals surface area contributed by atoms with Crippen LogP contribution in [0.3, 0.4) is 0 Å². The second-order valence-corrected chi connectivity index (χ2v) is 4.92. The molecule has 1 unspecified atom stereocenters. The Labute approximate surface area is 107 Å². The molecular formula is C15H17NO2. The highest BCUT2D eigenvalue weighted by atomic mass is 16.5. The van der Waals surface area contributed by atoms with Gasteiger partial charge < -0.3 is 4.74 Å². The maximum atomic E-state index is 12.1. The third-order valence-electron chi connectivity index (χ3n) is 3.33. The molecule has 0 radical (unpaired) electrons. The van der Waals surface area contributed by atoms with Crippen LogP contribution in [0.2, 0.25) is 0 Å². The Balaban J connectivity index is 2.28. The molecule has 94 valence electrons. The third-order valence-corrected chi connectivity index (χ3v) is 3.33. The molecular weight excluding hydrogens is 226 g/mol. The van der Waals surface area contributed by atoms with Crippen LogP contribution in [0.4, 0.5) is 0 Å². The molecule has 3 nitrogen and oxygen atoms in total. The maximum absolute atomic E-state index is 12.1. The number of methoxy groups -OCH3 is 1. The second-order valence-electron chi connectivity index (χ2n) is 4.92. The summed E-state index contributed by atoms with van der Waals surface area (Å²) in [7, 11) is 1.56. The Bertz CT molecular complexity index is 498. The van der Waals surface area contributed by atoms with Gasteiger partial charge in [-0.1, -0.05) is 17.7 Å². The smallest absolute Gasteiger partial charge is 0.154 e. The van der Waals surface area contributed by atoms with Gasteiger partial charge in [-0.05, 0) is 31.7 Å². The molecule has 2 rings (SSSR count). The van der Waals surface area contributed by atoms with Gasteiger partial charge in [0.2, 0.25) is 0 Å². The van der Waals surface area contributed by atoms with E-state index in [1.165, 1.54) is 0 Å². The predicted molar refractivity (Wildman–Crippen MR) is 68.4 cm³/mol. The molecule has 0 bridgehead atoms. The van der Waals surface area contributed by atoms with Crippen LogP contribution in [0.5, 0.6) is 5.75 Å². The zero-order valence-corrected chi connectivity index (χ0v) is 10.8. The summed E-state index contributed by atoms with van der Waals surface area (Å²) in [5.74, 6) is 0.449. The largest absolute Gasteiger partial charge is 0.496 e. The second kappa shape index (κ2) is 5.22. The van der Waals surface area contributed by atoms with Gasteiger partial charge in [-0.2, -0.15) is 5.26 Å². The van der Waals surface area contributed by atoms with E-state index in [1.807, 2.05) is 25.1 Å². The molecule has 0 saturated heterocycles. The summed E-state index contributed by atoms with van der Waals surface area (Å²) in [6.45, 7) is 1.95. The summed E-state index contributed by atoms with van der Waals surface area (Å²) in [6, 6.07) is 7.73. The Morgan fingerprint density at radius 2 is 2.28 bits per heavy atom. The van der Waals surface area contributed by atoms with Gasteiger partial charge >= 0.3 is 0 Å². The lowest BCUT2D eigenvalue weighted by atomic mass is 9.91. The lowest BCUT2D eigenvalue weighted by Gasteiger charge is -2.13. The minimum absolute atomic E-state index is 0.0175. The topological polar surface area (TPSA) is 50.1 Å². The quantitative estimate of drug-likeness (QED) is 0.798. The molecule has 1 aliphatic carbocycles. The lowest BCUT2D eigenvalue weighted by Crippen LogP contribution is -2.12. The zero-order chi connectivity index (χ0) is 13.1. The maximum Gasteiger partial charge on any atom is 0.154 e. The van der Waals surface area contributed by atoms with Crippen molar-refractivity contribution in [2.24, 2.45) is 5.92 Å². The molecule has 1 fully saturated rings. The highest BCUT2D eigenvalue weighted by Gasteiger charge is 2.30. The molecule has 3 heteroatoms. The molecule has 1 saturated carbocycles. The summed E-state index contributed by atoms with van der Waals surface area (Å²) in [6.07, 6.45) is 2.76. The standard InChI is InChI=1S/C15H17NO2/c1-10-3-6-15(18-2)12(7-10)13(9-16)14(17)8-11-4-5-11/h3,6-7,11,13H,4-5,8H2,1-2H3. The number of hydrogen-bond acceptors (Lipinski definition) is 3. The minimum Gasteiger partial charge on any atom is -0.496 e. The van der Waals surface area contributed by atoms with E-state index in [4.69, 9.17) is 4.74 Å². The lowest BCUT2D eigenvalue weighted by molar-refractivity contribution is -0.119. The average molecular weight is 243 g/mol. The molecule has 1 aromatic rings. The first kappa shape index (κ1) is 12.6. The molecule has 1 aromatic carbocycles. The number of aryl methyl sites for hydroxylation is 1. The highest BCUT2D eigenvalue weighted by molar-refractivity contribution is 5.89. The van der Waals surface area contributed by atoms with Crippen molar-refractivity contribution in [3.8, 4) is 11.8 Å². The van der Waals surface area contributed by atoms with Crippen LogP contribution in [0, 0.1) is 24.2 Å². The molecule has 0 N–H and O–H groups in total. The number of carbonyl (C=O) groups excluding carboxylic acids is 1. The van der Waals surface area contributed by atoms with Crippen LogP contribution in [0.25, 0.3) is 0 Å². The van der Waals surface area contributed by atoms with Crippen molar-refractivity contribution < 1.29 is 9.53 Å². The molecule has 0 spiro atoms. The SMILES string of the molecule is COc1ccc(C)cc1C(C#N)C(=O)CC1CC1. The number of nitrogens with zero attached hydrogens (tertiary/aromatic N) is 1. The Morgan fingerprint density at radius 3 is 2.83 bits per heavy atom. The van der Waals surface area contributed by atoms with E-state index in [9.17, 15) is 10.1 Å². The van der Waals surface area contributed by atoms with Crippen molar-refractivity contribution in [1.29, 1.82) is 5.26 Å². The molecule has 18 heavy (non-hydrogen) atoms. The van der Waals surface area contributed by atoms with Gasteiger partial charge in [0, 0.05) is 12.0 Å². The van der Waals surface area contributed by atoms with E-state index in [1.54, 1.807) is 7.11 Å². The average Bonchev–Trinajstić information content (AvgIpc) is 3.14. The molecule has 1 aliphatic rings. The van der Waals surface area contributed by atoms with Crippen molar-refractivity contribution >= 4 is 5.78 Å². The summed E-state index contributed by atoms with van der Waals surface area (Å²) in [4.78, 5) is 12.1. The molecule has 1 atom stereocenters. The van der Waals surface area contributed by atoms with Gasteiger partial charge in [-0.15, -0.1) is 0 Å². The van der Waals surface area contributed by atoms with Crippen LogP contribution in [0.15, 0.2) is 18.2 Å². The molecule has 0 aromatic heterocycles. The number of Topliss-reactive ketones (excluding diaryl/α,β-unsaturated/α-hetero) is 1. The van der Waals surface area contributed by atoms with Gasteiger partial charge in [0.15, 0.2) is 5.78 Å². The summed E-state index contributed by atoms with van der Waals surface area (Å²) < 4.78 is 5.25. The number of benzene rings is 1. The zero-order valence-electron chi connectivity index (χ0n) is 10.8. The number of ketones is 1. The summed E-state index contributed by atoms with van der Waals surface area (Å²) in [5, 5.41) is 9.27. The molecule has 0 aliphatic heterocycles. The van der Waals surface area contributed by atoms with Crippen LogP contribution < -0.4 is 4.74 Å². The first-order chi connectivity index (χ1) is 8.65. The van der Waals surface area contributed by atoms with Crippen molar-refractivity contribution in [3.05, 3.63) is 29.3 Å². The van der Waals surface area contributed by atoms with Gasteiger partial charge in [-0.25, -0.2) is 0 Å². The van der Waals surface area contributed by atoms with Gasteiger partial charge in [0.1, 0.15) is 11.7 Å². The number of ether oxygens (including phenoxy) is 1. The van der Waals surface area contributed by atoms with E-state index in [0.29, 0.717) is 23.7 Å². The Hall–Kier alpha value is -1.82. The monoisotopic (exact) mass is 243 g/mol. The fourth-order valence-corrected chi connectivity index (χ4v) is 2.12. The van der Waals surface area contributed by atoms with E-state index in [-0.39, 0.29) is 5.78 Å².